The largest absolute Gasteiger partial charge is 0.474 e. The number of rotatable bonds is 36. The molecule has 1 fully saturated rings. The van der Waals surface area contributed by atoms with Gasteiger partial charge in [0.2, 0.25) is 6.23 Å². The number of aryl methyl sites for hydroxylation is 1. The van der Waals surface area contributed by atoms with Crippen molar-refractivity contribution in [2.24, 2.45) is 0 Å². The summed E-state index contributed by atoms with van der Waals surface area (Å²) in [5, 5.41) is 0. The third-order valence-electron chi connectivity index (χ3n) is 10.5. The molecule has 0 unspecified atom stereocenters. The van der Waals surface area contributed by atoms with Crippen LogP contribution in [0.15, 0.2) is 17.1 Å². The van der Waals surface area contributed by atoms with Crippen LogP contribution in [0.2, 0.25) is 0 Å². The Morgan fingerprint density at radius 2 is 1.14 bits per heavy atom. The molecule has 3 atom stereocenters. The lowest BCUT2D eigenvalue weighted by molar-refractivity contribution is -0.176. The van der Waals surface area contributed by atoms with Gasteiger partial charge in [-0.15, -0.1) is 0 Å². The number of unbranched alkanes of at least 4 members (excludes halogenated alkanes) is 23. The van der Waals surface area contributed by atoms with E-state index in [-0.39, 0.29) is 19.6 Å². The van der Waals surface area contributed by atoms with Gasteiger partial charge >= 0.3 is 25.4 Å². The van der Waals surface area contributed by atoms with Crippen LogP contribution in [-0.4, -0.2) is 53.5 Å². The molecule has 326 valence electrons. The van der Waals surface area contributed by atoms with Crippen LogP contribution in [0, 0.1) is 6.92 Å². The molecular weight excluding hydrogens is 741 g/mol. The van der Waals surface area contributed by atoms with Crippen LogP contribution in [0.4, 0.5) is 8.78 Å². The monoisotopic (exact) mass is 819 g/mol. The first-order valence-electron chi connectivity index (χ1n) is 22.4. The maximum atomic E-state index is 16.2. The number of nitrogens with zero attached hydrogens (tertiary/aromatic N) is 2. The number of esters is 1. The Balaban J connectivity index is 1.99. The number of alkyl halides is 2. The number of ether oxygens (including phenoxy) is 2. The molecule has 0 aromatic carbocycles. The van der Waals surface area contributed by atoms with Crippen molar-refractivity contribution >= 4 is 13.8 Å². The Kier molecular flexibility index (Phi) is 27.3. The molecule has 0 bridgehead atoms. The molecular formula is C43H77F2N2O8P. The number of carbonyl (C=O) groups is 1. The highest BCUT2D eigenvalue weighted by atomic mass is 31.2. The van der Waals surface area contributed by atoms with Crippen molar-refractivity contribution in [1.29, 1.82) is 0 Å². The molecule has 0 aliphatic carbocycles. The molecule has 0 N–H and O–H groups in total. The van der Waals surface area contributed by atoms with E-state index in [2.05, 4.69) is 25.8 Å². The van der Waals surface area contributed by atoms with Crippen LogP contribution < -0.4 is 5.69 Å². The molecule has 1 saturated heterocycles. The van der Waals surface area contributed by atoms with E-state index in [9.17, 15) is 14.2 Å². The van der Waals surface area contributed by atoms with Crippen LogP contribution in [0.25, 0.3) is 0 Å². The van der Waals surface area contributed by atoms with Gasteiger partial charge < -0.3 is 9.47 Å². The van der Waals surface area contributed by atoms with E-state index in [1.165, 1.54) is 70.1 Å². The molecule has 56 heavy (non-hydrogen) atoms. The molecule has 1 aromatic rings. The van der Waals surface area contributed by atoms with Crippen molar-refractivity contribution in [2.75, 3.05) is 19.8 Å². The predicted octanol–water partition coefficient (Wildman–Crippen LogP) is 12.7. The molecule has 0 radical (unpaired) electrons. The lowest BCUT2D eigenvalue weighted by Gasteiger charge is -2.25. The number of phosphoric ester groups is 1. The molecule has 13 heteroatoms. The molecule has 0 amide bonds. The fraction of sp³-hybridized carbons (Fsp3) is 0.884. The molecule has 1 aliphatic heterocycles. The number of phosphoric acid groups is 1. The van der Waals surface area contributed by atoms with Gasteiger partial charge in [-0.05, 0) is 32.3 Å². The topological polar surface area (TPSA) is 115 Å². The molecule has 0 spiro atoms. The summed E-state index contributed by atoms with van der Waals surface area (Å²) < 4.78 is 75.0. The number of hydrogen-bond acceptors (Lipinski definition) is 9. The fourth-order valence-electron chi connectivity index (χ4n) is 6.98. The maximum Gasteiger partial charge on any atom is 0.474 e. The van der Waals surface area contributed by atoms with E-state index < -0.39 is 50.4 Å². The predicted molar refractivity (Wildman–Crippen MR) is 219 cm³/mol. The van der Waals surface area contributed by atoms with Crippen LogP contribution >= 0.6 is 7.82 Å². The minimum atomic E-state index is -4.20. The van der Waals surface area contributed by atoms with Crippen LogP contribution in [0.3, 0.4) is 0 Å². The summed E-state index contributed by atoms with van der Waals surface area (Å²) >= 11 is 0. The van der Waals surface area contributed by atoms with E-state index in [0.29, 0.717) is 29.5 Å². The molecule has 2 heterocycles. The summed E-state index contributed by atoms with van der Waals surface area (Å²) in [6.07, 6.45) is 23.3. The van der Waals surface area contributed by atoms with E-state index >= 15 is 8.78 Å². The summed E-state index contributed by atoms with van der Waals surface area (Å²) in [4.78, 5) is 29.5. The number of aromatic nitrogens is 2. The first kappa shape index (κ1) is 50.4. The van der Waals surface area contributed by atoms with Gasteiger partial charge in [0.15, 0.2) is 6.10 Å². The zero-order valence-electron chi connectivity index (χ0n) is 35.5. The van der Waals surface area contributed by atoms with Crippen LogP contribution in [0.1, 0.15) is 206 Å². The third-order valence-corrected chi connectivity index (χ3v) is 11.9. The van der Waals surface area contributed by atoms with Crippen molar-refractivity contribution in [2.45, 2.75) is 225 Å². The highest BCUT2D eigenvalue weighted by Crippen LogP contribution is 2.52. The standard InChI is InChI=1S/C43H77F2N2O8P/c1-5-8-11-14-17-18-19-20-21-22-23-24-25-28-31-39(48)55-40-38(54-41(43(40,44)45)47-33-32-37(4)46-42(47)49)36-53-56(50,51-34-29-26-15-12-9-6-2)52-35-30-27-16-13-10-7-3/h32-33,38,40-41H,5-31,34-36H2,1-4H3/t38-,40-,41-/m1/s1. The number of hydrogen-bond donors (Lipinski definition) is 0. The number of halogens is 2. The summed E-state index contributed by atoms with van der Waals surface area (Å²) in [6.45, 7) is 7.67. The number of carbonyl (C=O) groups excluding carboxylic acids is 1. The average Bonchev–Trinajstić information content (AvgIpc) is 3.41. The van der Waals surface area contributed by atoms with Crippen LogP contribution in [0.5, 0.6) is 0 Å². The van der Waals surface area contributed by atoms with Crippen molar-refractivity contribution < 1.29 is 41.2 Å². The Morgan fingerprint density at radius 3 is 1.59 bits per heavy atom. The van der Waals surface area contributed by atoms with Gasteiger partial charge in [-0.3, -0.25) is 22.9 Å². The summed E-state index contributed by atoms with van der Waals surface area (Å²) in [7, 11) is -4.20. The average molecular weight is 819 g/mol. The van der Waals surface area contributed by atoms with Crippen molar-refractivity contribution in [1.82, 2.24) is 9.55 Å². The van der Waals surface area contributed by atoms with Gasteiger partial charge in [-0.1, -0.05) is 168 Å². The molecule has 0 saturated carbocycles. The smallest absolute Gasteiger partial charge is 0.453 e. The van der Waals surface area contributed by atoms with Gasteiger partial charge in [-0.25, -0.2) is 9.36 Å². The second-order valence-electron chi connectivity index (χ2n) is 15.7. The van der Waals surface area contributed by atoms with E-state index in [1.54, 1.807) is 6.92 Å². The second-order valence-corrected chi connectivity index (χ2v) is 17.3. The lowest BCUT2D eigenvalue weighted by Crippen LogP contribution is -2.44. The van der Waals surface area contributed by atoms with Gasteiger partial charge in [0, 0.05) is 18.3 Å². The first-order valence-corrected chi connectivity index (χ1v) is 23.9. The van der Waals surface area contributed by atoms with Crippen molar-refractivity contribution in [3.63, 3.8) is 0 Å². The van der Waals surface area contributed by atoms with Gasteiger partial charge in [0.1, 0.15) is 6.10 Å². The van der Waals surface area contributed by atoms with E-state index in [0.717, 1.165) is 89.9 Å². The Hall–Kier alpha value is -1.72. The maximum absolute atomic E-state index is 16.2. The fourth-order valence-corrected chi connectivity index (χ4v) is 8.24. The van der Waals surface area contributed by atoms with Crippen molar-refractivity contribution in [3.8, 4) is 0 Å². The Labute approximate surface area is 337 Å². The summed E-state index contributed by atoms with van der Waals surface area (Å²) in [6, 6.07) is 1.42. The minimum Gasteiger partial charge on any atom is -0.453 e. The van der Waals surface area contributed by atoms with Gasteiger partial charge in [0.25, 0.3) is 0 Å². The molecule has 1 aliphatic rings. The zero-order chi connectivity index (χ0) is 40.9. The lowest BCUT2D eigenvalue weighted by atomic mass is 10.0. The first-order chi connectivity index (χ1) is 27.1. The Morgan fingerprint density at radius 1 is 0.714 bits per heavy atom. The quantitative estimate of drug-likeness (QED) is 0.0371. The summed E-state index contributed by atoms with van der Waals surface area (Å²) in [5.74, 6) is -4.62. The van der Waals surface area contributed by atoms with Crippen LogP contribution in [-0.2, 0) is 32.4 Å². The van der Waals surface area contributed by atoms with Gasteiger partial charge in [-0.2, -0.15) is 13.8 Å². The third kappa shape index (κ3) is 20.8. The minimum absolute atomic E-state index is 0.0316. The zero-order valence-corrected chi connectivity index (χ0v) is 36.4. The normalized spacial score (nSPS) is 18.1. The van der Waals surface area contributed by atoms with E-state index in [4.69, 9.17) is 23.0 Å². The highest BCUT2D eigenvalue weighted by Gasteiger charge is 2.62. The van der Waals surface area contributed by atoms with Crippen molar-refractivity contribution in [3.05, 3.63) is 28.4 Å². The molecule has 10 nitrogen and oxygen atoms in total. The summed E-state index contributed by atoms with van der Waals surface area (Å²) in [5.41, 5.74) is -0.575. The van der Waals surface area contributed by atoms with E-state index in [1.807, 2.05) is 0 Å². The highest BCUT2D eigenvalue weighted by molar-refractivity contribution is 7.48. The molecule has 2 rings (SSSR count). The second kappa shape index (κ2) is 30.3. The Bertz CT molecular complexity index is 1250. The molecule has 1 aromatic heterocycles. The SMILES string of the molecule is CCCCCCCCCCCCCCCCC(=O)O[C@@H]1[C@@H](COP(=O)(OCCCCCCCC)OCCCCCCCC)O[C@@H](n2ccc(C)nc2=O)C1(F)F. The van der Waals surface area contributed by atoms with Gasteiger partial charge in [0.05, 0.1) is 19.8 Å².